The number of aliphatic imine (C=N–C) groups is 1. The summed E-state index contributed by atoms with van der Waals surface area (Å²) in [4.78, 5) is 18.1. The number of fused-ring (bicyclic) bond motifs is 1. The molecule has 1 aliphatic rings. The van der Waals surface area contributed by atoms with Crippen LogP contribution in [0.3, 0.4) is 0 Å². The molecule has 0 spiro atoms. The fourth-order valence-corrected chi connectivity index (χ4v) is 3.25. The number of nitrogens with zero attached hydrogens (tertiary/aromatic N) is 2. The summed E-state index contributed by atoms with van der Waals surface area (Å²) in [7, 11) is 0. The van der Waals surface area contributed by atoms with E-state index < -0.39 is 5.91 Å². The molecule has 4 N–H and O–H groups in total. The lowest BCUT2D eigenvalue weighted by Crippen LogP contribution is -2.30. The van der Waals surface area contributed by atoms with E-state index >= 15 is 0 Å². The van der Waals surface area contributed by atoms with Gasteiger partial charge in [0.25, 0.3) is 5.91 Å². The van der Waals surface area contributed by atoms with Crippen LogP contribution in [0.25, 0.3) is 0 Å². The van der Waals surface area contributed by atoms with Crippen LogP contribution in [0.4, 0.5) is 5.69 Å². The van der Waals surface area contributed by atoms with Gasteiger partial charge in [-0.15, -0.1) is 0 Å². The van der Waals surface area contributed by atoms with Crippen LogP contribution in [0.15, 0.2) is 53.5 Å². The Morgan fingerprint density at radius 3 is 2.50 bits per heavy atom. The molecule has 0 aliphatic carbocycles. The number of nitrogens with two attached hydrogens (primary N) is 2. The molecule has 2 aromatic carbocycles. The van der Waals surface area contributed by atoms with Crippen molar-refractivity contribution in [3.8, 4) is 0 Å². The quantitative estimate of drug-likeness (QED) is 0.672. The summed E-state index contributed by atoms with van der Waals surface area (Å²) in [5.41, 5.74) is 14.7. The van der Waals surface area contributed by atoms with Gasteiger partial charge in [-0.05, 0) is 36.2 Å². The minimum absolute atomic E-state index is 0.215. The van der Waals surface area contributed by atoms with E-state index in [2.05, 4.69) is 48.0 Å². The van der Waals surface area contributed by atoms with Crippen LogP contribution in [0.5, 0.6) is 0 Å². The molecule has 1 heterocycles. The van der Waals surface area contributed by atoms with Crippen molar-refractivity contribution in [2.45, 2.75) is 32.4 Å². The Kier molecular flexibility index (Phi) is 4.25. The predicted octanol–water partition coefficient (Wildman–Crippen LogP) is 2.61. The van der Waals surface area contributed by atoms with E-state index in [0.29, 0.717) is 17.5 Å². The van der Waals surface area contributed by atoms with E-state index in [1.807, 2.05) is 18.2 Å². The number of carbonyl (C=O) groups is 1. The molecule has 0 saturated heterocycles. The van der Waals surface area contributed by atoms with Crippen LogP contribution in [0, 0.1) is 0 Å². The Bertz CT molecular complexity index is 781. The molecule has 124 valence electrons. The molecule has 1 aliphatic heterocycles. The maximum atomic E-state index is 12.1. The lowest BCUT2D eigenvalue weighted by atomic mass is 9.96. The number of amides is 1. The molecule has 0 saturated carbocycles. The molecule has 0 radical (unpaired) electrons. The topological polar surface area (TPSA) is 84.7 Å². The minimum Gasteiger partial charge on any atom is -0.370 e. The number of anilines is 1. The lowest BCUT2D eigenvalue weighted by molar-refractivity contribution is 0.100. The van der Waals surface area contributed by atoms with Gasteiger partial charge in [-0.1, -0.05) is 37.3 Å². The smallest absolute Gasteiger partial charge is 0.280 e. The summed E-state index contributed by atoms with van der Waals surface area (Å²) in [5, 5.41) is 0. The number of guanidine groups is 1. The molecule has 0 aromatic heterocycles. The Morgan fingerprint density at radius 1 is 1.12 bits per heavy atom. The average Bonchev–Trinajstić information content (AvgIpc) is 2.80. The van der Waals surface area contributed by atoms with Crippen molar-refractivity contribution in [3.63, 3.8) is 0 Å². The third kappa shape index (κ3) is 2.97. The molecule has 0 bridgehead atoms. The monoisotopic (exact) mass is 322 g/mol. The van der Waals surface area contributed by atoms with Gasteiger partial charge >= 0.3 is 0 Å². The number of carbonyl (C=O) groups excluding carboxylic acids is 1. The zero-order valence-electron chi connectivity index (χ0n) is 13.9. The van der Waals surface area contributed by atoms with Crippen LogP contribution < -0.4 is 16.4 Å². The largest absolute Gasteiger partial charge is 0.370 e. The molecule has 2 aromatic rings. The van der Waals surface area contributed by atoms with E-state index in [-0.39, 0.29) is 5.96 Å². The molecule has 3 rings (SSSR count). The van der Waals surface area contributed by atoms with E-state index in [0.717, 1.165) is 12.1 Å². The second-order valence-corrected chi connectivity index (χ2v) is 6.26. The molecule has 1 amide bonds. The Hall–Kier alpha value is -2.82. The standard InChI is InChI=1S/C19H22N4O/c1-12-13(2)23(11-14-6-4-3-5-7-14)17-9-8-15(10-16(12)17)18(24)22-19(20)21/h3-10,12-13H,11H2,1-2H3,(H4,20,21,22,24). The van der Waals surface area contributed by atoms with Gasteiger partial charge in [0.2, 0.25) is 0 Å². The highest BCUT2D eigenvalue weighted by molar-refractivity contribution is 6.02. The van der Waals surface area contributed by atoms with E-state index in [1.165, 1.54) is 11.3 Å². The van der Waals surface area contributed by atoms with Crippen molar-refractivity contribution in [1.82, 2.24) is 0 Å². The van der Waals surface area contributed by atoms with Crippen molar-refractivity contribution in [2.24, 2.45) is 16.5 Å². The molecule has 5 heteroatoms. The zero-order chi connectivity index (χ0) is 17.3. The first-order chi connectivity index (χ1) is 11.5. The third-order valence-electron chi connectivity index (χ3n) is 4.72. The first kappa shape index (κ1) is 16.1. The summed E-state index contributed by atoms with van der Waals surface area (Å²) in [5.74, 6) is -0.289. The van der Waals surface area contributed by atoms with Gasteiger partial charge < -0.3 is 16.4 Å². The second-order valence-electron chi connectivity index (χ2n) is 6.26. The second kappa shape index (κ2) is 6.35. The highest BCUT2D eigenvalue weighted by atomic mass is 16.1. The first-order valence-electron chi connectivity index (χ1n) is 8.06. The van der Waals surface area contributed by atoms with Gasteiger partial charge in [-0.3, -0.25) is 4.79 Å². The third-order valence-corrected chi connectivity index (χ3v) is 4.72. The SMILES string of the molecule is CC1c2cc(C(=O)N=C(N)N)ccc2N(Cc2ccccc2)C1C. The lowest BCUT2D eigenvalue weighted by Gasteiger charge is -2.26. The minimum atomic E-state index is -0.404. The normalized spacial score (nSPS) is 19.0. The Labute approximate surface area is 142 Å². The first-order valence-corrected chi connectivity index (χ1v) is 8.06. The van der Waals surface area contributed by atoms with Gasteiger partial charge in [0.1, 0.15) is 0 Å². The maximum absolute atomic E-state index is 12.1. The highest BCUT2D eigenvalue weighted by Crippen LogP contribution is 2.41. The molecule has 24 heavy (non-hydrogen) atoms. The summed E-state index contributed by atoms with van der Waals surface area (Å²) in [6, 6.07) is 16.4. The summed E-state index contributed by atoms with van der Waals surface area (Å²) in [6.07, 6.45) is 0. The van der Waals surface area contributed by atoms with Gasteiger partial charge in [-0.2, -0.15) is 4.99 Å². The van der Waals surface area contributed by atoms with Gasteiger partial charge in [0.05, 0.1) is 0 Å². The van der Waals surface area contributed by atoms with Crippen LogP contribution in [-0.2, 0) is 6.54 Å². The van der Waals surface area contributed by atoms with E-state index in [4.69, 9.17) is 11.5 Å². The average molecular weight is 322 g/mol. The predicted molar refractivity (Wildman–Crippen MR) is 97.1 cm³/mol. The summed E-state index contributed by atoms with van der Waals surface area (Å²) >= 11 is 0. The van der Waals surface area contributed by atoms with Crippen molar-refractivity contribution in [3.05, 3.63) is 65.2 Å². The summed E-state index contributed by atoms with van der Waals surface area (Å²) in [6.45, 7) is 5.25. The molecule has 2 atom stereocenters. The van der Waals surface area contributed by atoms with Gasteiger partial charge in [-0.25, -0.2) is 0 Å². The molecular formula is C19H22N4O. The van der Waals surface area contributed by atoms with Crippen LogP contribution in [0.1, 0.15) is 41.3 Å². The number of hydrogen-bond donors (Lipinski definition) is 2. The van der Waals surface area contributed by atoms with Gasteiger partial charge in [0.15, 0.2) is 5.96 Å². The Balaban J connectivity index is 1.93. The Morgan fingerprint density at radius 2 is 1.83 bits per heavy atom. The number of hydrogen-bond acceptors (Lipinski definition) is 2. The molecular weight excluding hydrogens is 300 g/mol. The maximum Gasteiger partial charge on any atom is 0.280 e. The molecule has 2 unspecified atom stereocenters. The molecule has 0 fully saturated rings. The number of benzene rings is 2. The van der Waals surface area contributed by atoms with Crippen molar-refractivity contribution in [1.29, 1.82) is 0 Å². The van der Waals surface area contributed by atoms with E-state index in [1.54, 1.807) is 6.07 Å². The van der Waals surface area contributed by atoms with E-state index in [9.17, 15) is 4.79 Å². The number of rotatable bonds is 3. The van der Waals surface area contributed by atoms with Crippen molar-refractivity contribution >= 4 is 17.6 Å². The fraction of sp³-hybridized carbons (Fsp3) is 0.263. The zero-order valence-corrected chi connectivity index (χ0v) is 13.9. The van der Waals surface area contributed by atoms with Crippen LogP contribution in [0.2, 0.25) is 0 Å². The van der Waals surface area contributed by atoms with Gasteiger partial charge in [0, 0.05) is 29.8 Å². The highest BCUT2D eigenvalue weighted by Gasteiger charge is 2.33. The summed E-state index contributed by atoms with van der Waals surface area (Å²) < 4.78 is 0. The van der Waals surface area contributed by atoms with Crippen molar-refractivity contribution < 1.29 is 4.79 Å². The molecule has 5 nitrogen and oxygen atoms in total. The fourth-order valence-electron chi connectivity index (χ4n) is 3.25. The van der Waals surface area contributed by atoms with Crippen LogP contribution in [-0.4, -0.2) is 17.9 Å². The van der Waals surface area contributed by atoms with Crippen LogP contribution >= 0.6 is 0 Å². The van der Waals surface area contributed by atoms with Crippen molar-refractivity contribution in [2.75, 3.05) is 4.90 Å².